The van der Waals surface area contributed by atoms with Crippen molar-refractivity contribution in [3.63, 3.8) is 0 Å². The molecule has 0 unspecified atom stereocenters. The van der Waals surface area contributed by atoms with Crippen molar-refractivity contribution in [2.45, 2.75) is 13.8 Å². The van der Waals surface area contributed by atoms with E-state index in [0.717, 1.165) is 0 Å². The third-order valence-corrected chi connectivity index (χ3v) is 2.90. The van der Waals surface area contributed by atoms with Gasteiger partial charge < -0.3 is 9.05 Å². The van der Waals surface area contributed by atoms with Crippen molar-refractivity contribution in [1.29, 1.82) is 0 Å². The topological polar surface area (TPSA) is 35.5 Å². The van der Waals surface area contributed by atoms with Gasteiger partial charge in [-0.25, -0.2) is 0 Å². The maximum Gasteiger partial charge on any atom is 0.361 e. The lowest BCUT2D eigenvalue weighted by Gasteiger charge is -2.10. The Hall–Kier alpha value is -0.0400. The second-order valence-corrected chi connectivity index (χ2v) is 4.19. The molecule has 0 rings (SSSR count). The fourth-order valence-corrected chi connectivity index (χ4v) is 1.98. The predicted molar refractivity (Wildman–Crippen MR) is 54.2 cm³/mol. The highest BCUT2D eigenvalue weighted by molar-refractivity contribution is 7.57. The van der Waals surface area contributed by atoms with E-state index >= 15 is 0 Å². The summed E-state index contributed by atoms with van der Waals surface area (Å²) in [5.41, 5.74) is 2.65. The van der Waals surface area contributed by atoms with E-state index in [1.165, 1.54) is 5.82 Å². The average Bonchev–Trinajstić information content (AvgIpc) is 2.05. The molecule has 0 atom stereocenters. The molecular formula is C8H14ClO3P. The fourth-order valence-electron chi connectivity index (χ4n) is 0.660. The lowest BCUT2D eigenvalue weighted by Crippen LogP contribution is -1.91. The molecular weight excluding hydrogens is 211 g/mol. The van der Waals surface area contributed by atoms with Crippen LogP contribution in [-0.2, 0) is 13.6 Å². The van der Waals surface area contributed by atoms with E-state index in [1.807, 2.05) is 0 Å². The van der Waals surface area contributed by atoms with Crippen LogP contribution >= 0.6 is 19.2 Å². The van der Waals surface area contributed by atoms with Crippen LogP contribution in [0.15, 0.2) is 17.6 Å². The van der Waals surface area contributed by atoms with Crippen LogP contribution in [0, 0.1) is 0 Å². The molecule has 0 aliphatic rings. The summed E-state index contributed by atoms with van der Waals surface area (Å²) >= 11 is 5.38. The number of hydrogen-bond donors (Lipinski definition) is 0. The Morgan fingerprint density at radius 2 is 1.92 bits per heavy atom. The Kier molecular flexibility index (Phi) is 7.35. The van der Waals surface area contributed by atoms with Crippen LogP contribution in [0.1, 0.15) is 13.8 Å². The van der Waals surface area contributed by atoms with Gasteiger partial charge in [0.05, 0.1) is 19.0 Å². The lowest BCUT2D eigenvalue weighted by molar-refractivity contribution is 0.229. The molecule has 0 fully saturated rings. The standard InChI is InChI=1S/C8H14ClO3P/c1-3-11-13(10,12-4-2)8-6-5-7-9/h5,8H,3-4,7H2,1-2H3. The molecule has 0 aromatic heterocycles. The van der Waals surface area contributed by atoms with Gasteiger partial charge >= 0.3 is 7.60 Å². The minimum Gasteiger partial charge on any atom is -0.305 e. The molecule has 0 saturated carbocycles. The van der Waals surface area contributed by atoms with E-state index in [-0.39, 0.29) is 0 Å². The van der Waals surface area contributed by atoms with E-state index in [0.29, 0.717) is 19.1 Å². The molecule has 0 spiro atoms. The zero-order chi connectivity index (χ0) is 10.2. The molecule has 76 valence electrons. The van der Waals surface area contributed by atoms with E-state index in [4.69, 9.17) is 20.6 Å². The first-order chi connectivity index (χ1) is 6.18. The highest BCUT2D eigenvalue weighted by Gasteiger charge is 2.18. The molecule has 0 bridgehead atoms. The van der Waals surface area contributed by atoms with Gasteiger partial charge in [-0.05, 0) is 19.9 Å². The summed E-state index contributed by atoms with van der Waals surface area (Å²) < 4.78 is 21.6. The first-order valence-corrected chi connectivity index (χ1v) is 6.20. The van der Waals surface area contributed by atoms with Crippen LogP contribution < -0.4 is 0 Å². The van der Waals surface area contributed by atoms with Crippen LogP contribution in [0.5, 0.6) is 0 Å². The maximum atomic E-state index is 11.7. The third kappa shape index (κ3) is 6.09. The Bertz CT molecular complexity index is 224. The maximum absolute atomic E-state index is 11.7. The van der Waals surface area contributed by atoms with Crippen molar-refractivity contribution >= 4 is 19.2 Å². The quantitative estimate of drug-likeness (QED) is 0.395. The van der Waals surface area contributed by atoms with Gasteiger partial charge in [0, 0.05) is 5.88 Å². The summed E-state index contributed by atoms with van der Waals surface area (Å²) in [7, 11) is -3.08. The summed E-state index contributed by atoms with van der Waals surface area (Å²) in [6, 6.07) is 0. The second-order valence-electron chi connectivity index (χ2n) is 2.03. The van der Waals surface area contributed by atoms with Crippen molar-refractivity contribution in [2.24, 2.45) is 0 Å². The Morgan fingerprint density at radius 1 is 1.38 bits per heavy atom. The van der Waals surface area contributed by atoms with Gasteiger partial charge in [0.15, 0.2) is 0 Å². The van der Waals surface area contributed by atoms with Gasteiger partial charge in [-0.15, -0.1) is 17.3 Å². The van der Waals surface area contributed by atoms with Gasteiger partial charge in [-0.2, -0.15) is 0 Å². The molecule has 0 heterocycles. The molecule has 0 aromatic carbocycles. The Labute approximate surface area is 83.9 Å². The van der Waals surface area contributed by atoms with Crippen molar-refractivity contribution in [2.75, 3.05) is 19.1 Å². The summed E-state index contributed by atoms with van der Waals surface area (Å²) in [4.78, 5) is 0. The Balaban J connectivity index is 4.40. The molecule has 5 heteroatoms. The van der Waals surface area contributed by atoms with E-state index in [9.17, 15) is 4.57 Å². The predicted octanol–water partition coefficient (Wildman–Crippen LogP) is 3.16. The van der Waals surface area contributed by atoms with Crippen molar-refractivity contribution < 1.29 is 13.6 Å². The first kappa shape index (κ1) is 13.0. The molecule has 3 nitrogen and oxygen atoms in total. The molecule has 0 aliphatic carbocycles. The van der Waals surface area contributed by atoms with Crippen LogP contribution in [-0.4, -0.2) is 19.1 Å². The summed E-state index contributed by atoms with van der Waals surface area (Å²) in [6.07, 6.45) is 1.55. The zero-order valence-corrected chi connectivity index (χ0v) is 9.48. The third-order valence-electron chi connectivity index (χ3n) is 1.05. The number of allylic oxidation sites excluding steroid dienone is 1. The van der Waals surface area contributed by atoms with E-state index in [1.54, 1.807) is 19.9 Å². The highest BCUT2D eigenvalue weighted by Crippen LogP contribution is 2.49. The largest absolute Gasteiger partial charge is 0.361 e. The Morgan fingerprint density at radius 3 is 2.31 bits per heavy atom. The molecule has 0 N–H and O–H groups in total. The average molecular weight is 225 g/mol. The van der Waals surface area contributed by atoms with Crippen LogP contribution in [0.25, 0.3) is 0 Å². The fraction of sp³-hybridized carbons (Fsp3) is 0.625. The molecule has 0 aliphatic heterocycles. The molecule has 0 amide bonds. The van der Waals surface area contributed by atoms with Gasteiger partial charge in [-0.3, -0.25) is 4.57 Å². The smallest absolute Gasteiger partial charge is 0.305 e. The van der Waals surface area contributed by atoms with Gasteiger partial charge in [0.1, 0.15) is 0 Å². The monoisotopic (exact) mass is 224 g/mol. The van der Waals surface area contributed by atoms with Gasteiger partial charge in [0.25, 0.3) is 0 Å². The van der Waals surface area contributed by atoms with Crippen LogP contribution in [0.2, 0.25) is 0 Å². The normalized spacial score (nSPS) is 10.7. The molecule has 0 aromatic rings. The number of alkyl halides is 1. The van der Waals surface area contributed by atoms with E-state index in [2.05, 4.69) is 5.73 Å². The molecule has 0 radical (unpaired) electrons. The molecule has 13 heavy (non-hydrogen) atoms. The zero-order valence-electron chi connectivity index (χ0n) is 7.83. The first-order valence-electron chi connectivity index (χ1n) is 4.05. The van der Waals surface area contributed by atoms with Gasteiger partial charge in [-0.1, -0.05) is 0 Å². The van der Waals surface area contributed by atoms with Crippen LogP contribution in [0.4, 0.5) is 0 Å². The van der Waals surface area contributed by atoms with E-state index < -0.39 is 7.60 Å². The lowest BCUT2D eigenvalue weighted by atomic mass is 10.7. The van der Waals surface area contributed by atoms with Crippen molar-refractivity contribution in [3.05, 3.63) is 17.6 Å². The highest BCUT2D eigenvalue weighted by atomic mass is 35.5. The summed E-state index contributed by atoms with van der Waals surface area (Å²) in [5, 5.41) is 0. The summed E-state index contributed by atoms with van der Waals surface area (Å²) in [5.74, 6) is 1.62. The number of rotatable bonds is 6. The minimum atomic E-state index is -3.08. The summed E-state index contributed by atoms with van der Waals surface area (Å²) in [6.45, 7) is 4.20. The minimum absolute atomic E-state index is 0.328. The molecule has 0 saturated heterocycles. The van der Waals surface area contributed by atoms with Crippen molar-refractivity contribution in [1.82, 2.24) is 0 Å². The SMILES string of the molecule is CCOP(=O)(C=C=CCCl)OCC. The second kappa shape index (κ2) is 7.37. The van der Waals surface area contributed by atoms with Gasteiger partial charge in [0.2, 0.25) is 0 Å². The van der Waals surface area contributed by atoms with Crippen molar-refractivity contribution in [3.8, 4) is 0 Å². The number of hydrogen-bond acceptors (Lipinski definition) is 3. The van der Waals surface area contributed by atoms with Crippen LogP contribution in [0.3, 0.4) is 0 Å². The number of halogens is 1.